The van der Waals surface area contributed by atoms with Crippen LogP contribution in [0.15, 0.2) is 70.9 Å². The predicted octanol–water partition coefficient (Wildman–Crippen LogP) is 5.89. The average molecular weight is 590 g/mol. The van der Waals surface area contributed by atoms with Crippen molar-refractivity contribution < 1.29 is 22.7 Å². The zero-order chi connectivity index (χ0) is 29.4. The topological polar surface area (TPSA) is 128 Å². The molecule has 0 saturated heterocycles. The number of hydrogen-bond donors (Lipinski definition) is 2. The highest BCUT2D eigenvalue weighted by atomic mass is 32.2. The molecule has 1 aliphatic rings. The van der Waals surface area contributed by atoms with E-state index in [1.807, 2.05) is 35.7 Å². The number of amides is 1. The highest BCUT2D eigenvalue weighted by molar-refractivity contribution is 7.89. The molecular formula is C31H31N3O5S2. The van der Waals surface area contributed by atoms with Crippen LogP contribution in [-0.4, -0.2) is 31.9 Å². The Kier molecular flexibility index (Phi) is 7.83. The van der Waals surface area contributed by atoms with Gasteiger partial charge in [-0.3, -0.25) is 4.79 Å². The van der Waals surface area contributed by atoms with Crippen LogP contribution in [0.5, 0.6) is 0 Å². The molecule has 4 aromatic rings. The molecule has 1 atom stereocenters. The number of fused-ring (bicyclic) bond motifs is 2. The normalized spacial score (nSPS) is 16.4. The number of sulfonamides is 1. The predicted molar refractivity (Wildman–Crippen MR) is 162 cm³/mol. The number of para-hydroxylation sites is 1. The highest BCUT2D eigenvalue weighted by Crippen LogP contribution is 2.45. The maximum Gasteiger partial charge on any atom is 0.339 e. The SMILES string of the molecule is CC(C)(C)[C@@H]1C/C(=C/c2cccs2)c2nc3ccccc3c(C(=O)OCC(=O)Nc3ccc(S(N)(=O)=O)cc3)c2C1. The van der Waals surface area contributed by atoms with E-state index in [1.165, 1.54) is 24.3 Å². The van der Waals surface area contributed by atoms with Crippen LogP contribution < -0.4 is 10.5 Å². The van der Waals surface area contributed by atoms with Gasteiger partial charge < -0.3 is 10.1 Å². The molecule has 0 radical (unpaired) electrons. The minimum atomic E-state index is -3.85. The van der Waals surface area contributed by atoms with Crippen LogP contribution in [-0.2, 0) is 26.0 Å². The summed E-state index contributed by atoms with van der Waals surface area (Å²) in [5, 5.41) is 10.5. The fraction of sp³-hybridized carbons (Fsp3) is 0.258. The van der Waals surface area contributed by atoms with Crippen LogP contribution in [0.4, 0.5) is 5.69 Å². The van der Waals surface area contributed by atoms with Crippen LogP contribution in [0.1, 0.15) is 53.7 Å². The molecule has 1 amide bonds. The summed E-state index contributed by atoms with van der Waals surface area (Å²) >= 11 is 1.65. The van der Waals surface area contributed by atoms with Crippen molar-refractivity contribution in [2.24, 2.45) is 16.5 Å². The second kappa shape index (κ2) is 11.2. The van der Waals surface area contributed by atoms with Gasteiger partial charge in [-0.1, -0.05) is 45.0 Å². The lowest BCUT2D eigenvalue weighted by Gasteiger charge is -2.36. The molecule has 5 rings (SSSR count). The third kappa shape index (κ3) is 6.40. The number of nitrogens with two attached hydrogens (primary N) is 1. The van der Waals surface area contributed by atoms with Gasteiger partial charge in [0.15, 0.2) is 6.61 Å². The van der Waals surface area contributed by atoms with Crippen molar-refractivity contribution in [1.82, 2.24) is 4.98 Å². The first kappa shape index (κ1) is 28.7. The second-order valence-electron chi connectivity index (χ2n) is 11.2. The molecular weight excluding hydrogens is 558 g/mol. The van der Waals surface area contributed by atoms with Crippen molar-refractivity contribution in [3.05, 3.63) is 87.7 Å². The van der Waals surface area contributed by atoms with Gasteiger partial charge in [-0.25, -0.2) is 23.3 Å². The van der Waals surface area contributed by atoms with E-state index in [0.717, 1.165) is 28.1 Å². The molecule has 0 bridgehead atoms. The summed E-state index contributed by atoms with van der Waals surface area (Å²) in [6.45, 7) is 6.11. The van der Waals surface area contributed by atoms with Gasteiger partial charge in [0.05, 0.1) is 21.7 Å². The number of benzene rings is 2. The van der Waals surface area contributed by atoms with Crippen LogP contribution in [0.2, 0.25) is 0 Å². The first-order chi connectivity index (χ1) is 19.4. The molecule has 2 aromatic carbocycles. The Labute approximate surface area is 243 Å². The number of aromatic nitrogens is 1. The summed E-state index contributed by atoms with van der Waals surface area (Å²) < 4.78 is 28.5. The van der Waals surface area contributed by atoms with Crippen LogP contribution in [0, 0.1) is 11.3 Å². The third-order valence-electron chi connectivity index (χ3n) is 7.30. The molecule has 3 N–H and O–H groups in total. The summed E-state index contributed by atoms with van der Waals surface area (Å²) in [5.41, 5.74) is 4.16. The van der Waals surface area contributed by atoms with Crippen molar-refractivity contribution in [2.45, 2.75) is 38.5 Å². The standard InChI is InChI=1S/C31H31N3O5S2/c1-31(2,3)20-15-19(16-22-7-6-14-40-22)29-25(17-20)28(24-8-4-5-9-26(24)34-29)30(36)39-18-27(35)33-21-10-12-23(13-11-21)41(32,37)38/h4-14,16,20H,15,17-18H2,1-3H3,(H,33,35)(H2,32,37,38)/b19-16-/t20-/m1/s1. The van der Waals surface area contributed by atoms with E-state index in [-0.39, 0.29) is 16.2 Å². The van der Waals surface area contributed by atoms with E-state index >= 15 is 0 Å². The molecule has 1 aliphatic carbocycles. The molecule has 0 aliphatic heterocycles. The van der Waals surface area contributed by atoms with Crippen molar-refractivity contribution in [3.63, 3.8) is 0 Å². The van der Waals surface area contributed by atoms with Crippen LogP contribution in [0.25, 0.3) is 22.6 Å². The van der Waals surface area contributed by atoms with Gasteiger partial charge in [-0.2, -0.15) is 0 Å². The summed E-state index contributed by atoms with van der Waals surface area (Å²) in [5.74, 6) is -0.885. The number of ether oxygens (including phenoxy) is 1. The fourth-order valence-corrected chi connectivity index (χ4v) is 6.24. The van der Waals surface area contributed by atoms with Gasteiger partial charge >= 0.3 is 5.97 Å². The van der Waals surface area contributed by atoms with Crippen molar-refractivity contribution >= 4 is 61.5 Å². The Morgan fingerprint density at radius 3 is 2.46 bits per heavy atom. The van der Waals surface area contributed by atoms with Crippen LogP contribution in [0.3, 0.4) is 0 Å². The molecule has 41 heavy (non-hydrogen) atoms. The fourth-order valence-electron chi connectivity index (χ4n) is 5.04. The molecule has 0 spiro atoms. The van der Waals surface area contributed by atoms with Crippen LogP contribution >= 0.6 is 11.3 Å². The summed E-state index contributed by atoms with van der Waals surface area (Å²) in [7, 11) is -3.85. The molecule has 0 saturated carbocycles. The minimum absolute atomic E-state index is 0.0162. The van der Waals surface area contributed by atoms with Crippen molar-refractivity contribution in [2.75, 3.05) is 11.9 Å². The van der Waals surface area contributed by atoms with Gasteiger partial charge in [0, 0.05) is 16.0 Å². The number of thiophene rings is 1. The zero-order valence-electron chi connectivity index (χ0n) is 23.0. The third-order valence-corrected chi connectivity index (χ3v) is 9.05. The number of carbonyl (C=O) groups is 2. The first-order valence-electron chi connectivity index (χ1n) is 13.2. The second-order valence-corrected chi connectivity index (χ2v) is 13.7. The number of nitrogens with zero attached hydrogens (tertiary/aromatic N) is 1. The van der Waals surface area contributed by atoms with Gasteiger partial charge in [0.2, 0.25) is 10.0 Å². The molecule has 2 aromatic heterocycles. The number of esters is 1. The number of pyridine rings is 1. The number of carbonyl (C=O) groups excluding carboxylic acids is 2. The maximum atomic E-state index is 13.7. The van der Waals surface area contributed by atoms with E-state index in [2.05, 4.69) is 38.2 Å². The molecule has 8 nitrogen and oxygen atoms in total. The zero-order valence-corrected chi connectivity index (χ0v) is 24.6. The Morgan fingerprint density at radius 1 is 1.07 bits per heavy atom. The summed E-state index contributed by atoms with van der Waals surface area (Å²) in [6, 6.07) is 17.0. The molecule has 212 valence electrons. The van der Waals surface area contributed by atoms with Crippen molar-refractivity contribution in [1.29, 1.82) is 0 Å². The highest BCUT2D eigenvalue weighted by Gasteiger charge is 2.35. The number of hydrogen-bond acceptors (Lipinski definition) is 7. The van der Waals surface area contributed by atoms with E-state index in [0.29, 0.717) is 28.6 Å². The Hall–Kier alpha value is -3.86. The lowest BCUT2D eigenvalue weighted by atomic mass is 9.69. The van der Waals surface area contributed by atoms with Gasteiger partial charge in [-0.15, -0.1) is 11.3 Å². The largest absolute Gasteiger partial charge is 0.452 e. The van der Waals surface area contributed by atoms with Crippen molar-refractivity contribution in [3.8, 4) is 0 Å². The number of anilines is 1. The van der Waals surface area contributed by atoms with E-state index < -0.39 is 28.5 Å². The lowest BCUT2D eigenvalue weighted by Crippen LogP contribution is -2.29. The Morgan fingerprint density at radius 2 is 1.80 bits per heavy atom. The number of nitrogens with one attached hydrogen (secondary N) is 1. The van der Waals surface area contributed by atoms with E-state index in [4.69, 9.17) is 14.9 Å². The summed E-state index contributed by atoms with van der Waals surface area (Å²) in [6.07, 6.45) is 3.65. The Bertz CT molecular complexity index is 1750. The smallest absolute Gasteiger partial charge is 0.339 e. The lowest BCUT2D eigenvalue weighted by molar-refractivity contribution is -0.119. The minimum Gasteiger partial charge on any atom is -0.452 e. The number of primary sulfonamides is 1. The molecule has 0 unspecified atom stereocenters. The summed E-state index contributed by atoms with van der Waals surface area (Å²) in [4.78, 5) is 32.4. The number of rotatable bonds is 6. The van der Waals surface area contributed by atoms with Gasteiger partial charge in [0.1, 0.15) is 0 Å². The quantitative estimate of drug-likeness (QED) is 0.270. The Balaban J connectivity index is 1.47. The van der Waals surface area contributed by atoms with E-state index in [9.17, 15) is 18.0 Å². The molecule has 0 fully saturated rings. The number of allylic oxidation sites excluding steroid dienone is 1. The monoisotopic (exact) mass is 589 g/mol. The van der Waals surface area contributed by atoms with Gasteiger partial charge in [-0.05, 0) is 83.2 Å². The molecule has 2 heterocycles. The first-order valence-corrected chi connectivity index (χ1v) is 15.6. The van der Waals surface area contributed by atoms with E-state index in [1.54, 1.807) is 11.3 Å². The maximum absolute atomic E-state index is 13.7. The van der Waals surface area contributed by atoms with Gasteiger partial charge in [0.25, 0.3) is 5.91 Å². The average Bonchev–Trinajstić information content (AvgIpc) is 3.43. The molecule has 10 heteroatoms.